The first-order valence-electron chi connectivity index (χ1n) is 6.81. The average Bonchev–Trinajstić information content (AvgIpc) is 3.02. The first-order chi connectivity index (χ1) is 8.02. The van der Waals surface area contributed by atoms with E-state index >= 15 is 0 Å². The van der Waals surface area contributed by atoms with Gasteiger partial charge < -0.3 is 5.32 Å². The van der Waals surface area contributed by atoms with Crippen molar-refractivity contribution >= 4 is 0 Å². The van der Waals surface area contributed by atoms with Crippen LogP contribution >= 0.6 is 0 Å². The summed E-state index contributed by atoms with van der Waals surface area (Å²) >= 11 is 0. The minimum atomic E-state index is 0.557. The number of rotatable bonds is 5. The highest BCUT2D eigenvalue weighted by molar-refractivity contribution is 5.35. The molecule has 1 aromatic carbocycles. The molecule has 0 heterocycles. The van der Waals surface area contributed by atoms with Crippen LogP contribution in [0.25, 0.3) is 0 Å². The van der Waals surface area contributed by atoms with E-state index in [2.05, 4.69) is 51.2 Å². The Morgan fingerprint density at radius 1 is 1.18 bits per heavy atom. The number of nitrogens with one attached hydrogen (secondary N) is 1. The lowest BCUT2D eigenvalue weighted by Gasteiger charge is -2.20. The van der Waals surface area contributed by atoms with Crippen LogP contribution in [0.5, 0.6) is 0 Å². The molecule has 0 bridgehead atoms. The molecule has 0 saturated heterocycles. The van der Waals surface area contributed by atoms with Crippen molar-refractivity contribution in [1.29, 1.82) is 0 Å². The zero-order valence-corrected chi connectivity index (χ0v) is 11.6. The van der Waals surface area contributed by atoms with Crippen molar-refractivity contribution in [3.63, 3.8) is 0 Å². The summed E-state index contributed by atoms with van der Waals surface area (Å²) in [5.41, 5.74) is 5.05. The summed E-state index contributed by atoms with van der Waals surface area (Å²) in [7, 11) is 0. The lowest BCUT2D eigenvalue weighted by molar-refractivity contribution is 0.428. The van der Waals surface area contributed by atoms with Crippen molar-refractivity contribution in [3.8, 4) is 0 Å². The predicted octanol–water partition coefficient (Wildman–Crippen LogP) is 3.62. The van der Waals surface area contributed by atoms with Gasteiger partial charge in [-0.25, -0.2) is 0 Å². The Labute approximate surface area is 106 Å². The Balaban J connectivity index is 2.05. The summed E-state index contributed by atoms with van der Waals surface area (Å²) in [6.45, 7) is 10.1. The molecule has 0 radical (unpaired) electrons. The van der Waals surface area contributed by atoms with Gasteiger partial charge in [0.05, 0.1) is 0 Å². The molecular formula is C16H25N. The van der Waals surface area contributed by atoms with Crippen LogP contribution in [0.1, 0.15) is 43.4 Å². The number of benzene rings is 1. The number of hydrogen-bond acceptors (Lipinski definition) is 1. The number of hydrogen-bond donors (Lipinski definition) is 1. The molecule has 1 saturated carbocycles. The molecule has 1 heteroatoms. The zero-order chi connectivity index (χ0) is 12.5. The quantitative estimate of drug-likeness (QED) is 0.816. The molecule has 1 aliphatic rings. The summed E-state index contributed by atoms with van der Waals surface area (Å²) in [5.74, 6) is 0. The minimum absolute atomic E-state index is 0.557. The molecule has 0 amide bonds. The molecule has 0 spiro atoms. The second kappa shape index (κ2) is 4.81. The molecule has 2 rings (SSSR count). The van der Waals surface area contributed by atoms with E-state index in [9.17, 15) is 0 Å². The predicted molar refractivity (Wildman–Crippen MR) is 74.4 cm³/mol. The Morgan fingerprint density at radius 2 is 1.76 bits per heavy atom. The van der Waals surface area contributed by atoms with E-state index in [4.69, 9.17) is 0 Å². The normalized spacial score (nSPS) is 17.5. The van der Waals surface area contributed by atoms with E-state index in [1.54, 1.807) is 5.56 Å². The van der Waals surface area contributed by atoms with Gasteiger partial charge in [-0.1, -0.05) is 32.0 Å². The molecule has 17 heavy (non-hydrogen) atoms. The van der Waals surface area contributed by atoms with Gasteiger partial charge in [0.25, 0.3) is 0 Å². The smallest absolute Gasteiger partial charge is 0.00134 e. The van der Waals surface area contributed by atoms with Crippen LogP contribution in [0.15, 0.2) is 18.2 Å². The van der Waals surface area contributed by atoms with Crippen LogP contribution < -0.4 is 5.32 Å². The maximum atomic E-state index is 3.61. The second-order valence-corrected chi connectivity index (χ2v) is 6.08. The van der Waals surface area contributed by atoms with E-state index < -0.39 is 0 Å². The number of aryl methyl sites for hydroxylation is 2. The van der Waals surface area contributed by atoms with Crippen molar-refractivity contribution in [3.05, 3.63) is 34.9 Å². The van der Waals surface area contributed by atoms with Gasteiger partial charge in [0.2, 0.25) is 0 Å². The van der Waals surface area contributed by atoms with E-state index in [1.807, 2.05) is 0 Å². The molecule has 0 aliphatic heterocycles. The lowest BCUT2D eigenvalue weighted by atomic mass is 9.90. The fourth-order valence-corrected chi connectivity index (χ4v) is 2.52. The van der Waals surface area contributed by atoms with E-state index in [0.29, 0.717) is 11.5 Å². The molecule has 0 atom stereocenters. The monoisotopic (exact) mass is 231 g/mol. The fourth-order valence-electron chi connectivity index (χ4n) is 2.52. The van der Waals surface area contributed by atoms with Crippen molar-refractivity contribution in [2.24, 2.45) is 5.41 Å². The molecular weight excluding hydrogens is 206 g/mol. The lowest BCUT2D eigenvalue weighted by Crippen LogP contribution is -2.31. The average molecular weight is 231 g/mol. The highest BCUT2D eigenvalue weighted by atomic mass is 14.9. The first kappa shape index (κ1) is 12.6. The molecule has 0 unspecified atom stereocenters. The Morgan fingerprint density at radius 3 is 2.24 bits per heavy atom. The summed E-state index contributed by atoms with van der Waals surface area (Å²) in [6, 6.07) is 7.26. The molecule has 1 aromatic rings. The van der Waals surface area contributed by atoms with Gasteiger partial charge in [-0.05, 0) is 55.2 Å². The summed E-state index contributed by atoms with van der Waals surface area (Å²) in [5, 5.41) is 3.61. The zero-order valence-electron chi connectivity index (χ0n) is 11.6. The molecule has 1 aliphatic carbocycles. The Kier molecular flexibility index (Phi) is 3.58. The fraction of sp³-hybridized carbons (Fsp3) is 0.625. The van der Waals surface area contributed by atoms with Gasteiger partial charge in [-0.2, -0.15) is 0 Å². The topological polar surface area (TPSA) is 12.0 Å². The van der Waals surface area contributed by atoms with Crippen LogP contribution in [0.2, 0.25) is 0 Å². The molecule has 1 N–H and O–H groups in total. The maximum Gasteiger partial charge on any atom is 0.00134 e. The molecule has 1 nitrogen and oxygen atoms in total. The Hall–Kier alpha value is -0.820. The van der Waals surface area contributed by atoms with Crippen molar-refractivity contribution in [1.82, 2.24) is 5.32 Å². The third-order valence-corrected chi connectivity index (χ3v) is 4.04. The third-order valence-electron chi connectivity index (χ3n) is 4.04. The molecule has 0 aromatic heterocycles. The van der Waals surface area contributed by atoms with Gasteiger partial charge in [0.15, 0.2) is 0 Å². The van der Waals surface area contributed by atoms with Crippen LogP contribution in [0.3, 0.4) is 0 Å². The second-order valence-electron chi connectivity index (χ2n) is 6.08. The van der Waals surface area contributed by atoms with Crippen LogP contribution in [0, 0.1) is 19.3 Å². The molecule has 1 fully saturated rings. The minimum Gasteiger partial charge on any atom is -0.314 e. The SMILES string of the molecule is Cc1cccc(C)c1CC1(CNC(C)C)CC1. The highest BCUT2D eigenvalue weighted by Crippen LogP contribution is 2.48. The summed E-state index contributed by atoms with van der Waals surface area (Å²) in [4.78, 5) is 0. The van der Waals surface area contributed by atoms with E-state index in [1.165, 1.54) is 36.9 Å². The standard InChI is InChI=1S/C16H25N/c1-12(2)17-11-16(8-9-16)10-15-13(3)6-5-7-14(15)4/h5-7,12,17H,8-11H2,1-4H3. The largest absolute Gasteiger partial charge is 0.314 e. The summed E-state index contributed by atoms with van der Waals surface area (Å²) < 4.78 is 0. The van der Waals surface area contributed by atoms with Crippen LogP contribution in [-0.2, 0) is 6.42 Å². The van der Waals surface area contributed by atoms with Gasteiger partial charge in [-0.3, -0.25) is 0 Å². The van der Waals surface area contributed by atoms with Gasteiger partial charge in [0, 0.05) is 12.6 Å². The van der Waals surface area contributed by atoms with E-state index in [0.717, 1.165) is 0 Å². The van der Waals surface area contributed by atoms with Crippen molar-refractivity contribution < 1.29 is 0 Å². The van der Waals surface area contributed by atoms with Gasteiger partial charge in [0.1, 0.15) is 0 Å². The van der Waals surface area contributed by atoms with Crippen LogP contribution in [0.4, 0.5) is 0 Å². The molecule has 94 valence electrons. The summed E-state index contributed by atoms with van der Waals surface area (Å²) in [6.07, 6.45) is 4.03. The third kappa shape index (κ3) is 3.10. The van der Waals surface area contributed by atoms with Crippen molar-refractivity contribution in [2.45, 2.75) is 53.0 Å². The van der Waals surface area contributed by atoms with Gasteiger partial charge in [-0.15, -0.1) is 0 Å². The van der Waals surface area contributed by atoms with Gasteiger partial charge >= 0.3 is 0 Å². The van der Waals surface area contributed by atoms with Crippen LogP contribution in [-0.4, -0.2) is 12.6 Å². The first-order valence-corrected chi connectivity index (χ1v) is 6.81. The Bertz CT molecular complexity index is 368. The maximum absolute atomic E-state index is 3.61. The highest BCUT2D eigenvalue weighted by Gasteiger charge is 2.42. The van der Waals surface area contributed by atoms with E-state index in [-0.39, 0.29) is 0 Å². The van der Waals surface area contributed by atoms with Crippen molar-refractivity contribution in [2.75, 3.05) is 6.54 Å².